The van der Waals surface area contributed by atoms with Crippen molar-refractivity contribution in [3.8, 4) is 22.6 Å². The van der Waals surface area contributed by atoms with E-state index in [1.807, 2.05) is 6.92 Å². The first-order chi connectivity index (χ1) is 15.5. The van der Waals surface area contributed by atoms with Crippen LogP contribution in [0.15, 0.2) is 36.5 Å². The van der Waals surface area contributed by atoms with E-state index in [1.54, 1.807) is 31.5 Å². The molecule has 32 heavy (non-hydrogen) atoms. The third-order valence-corrected chi connectivity index (χ3v) is 5.22. The first-order valence-electron chi connectivity index (χ1n) is 10.4. The second kappa shape index (κ2) is 9.70. The van der Waals surface area contributed by atoms with E-state index in [1.165, 1.54) is 12.1 Å². The van der Waals surface area contributed by atoms with Crippen LogP contribution in [-0.4, -0.2) is 60.0 Å². The van der Waals surface area contributed by atoms with Crippen LogP contribution >= 0.6 is 0 Å². The summed E-state index contributed by atoms with van der Waals surface area (Å²) < 4.78 is 30.4. The zero-order valence-corrected chi connectivity index (χ0v) is 18.1. The van der Waals surface area contributed by atoms with Gasteiger partial charge in [-0.05, 0) is 30.3 Å². The van der Waals surface area contributed by atoms with Crippen molar-refractivity contribution in [1.29, 1.82) is 0 Å². The van der Waals surface area contributed by atoms with Crippen molar-refractivity contribution >= 4 is 5.95 Å². The number of nitrogens with zero attached hydrogens (tertiary/aromatic N) is 3. The molecule has 0 unspecified atom stereocenters. The number of hydrogen-bond acceptors (Lipinski definition) is 8. The minimum atomic E-state index is -0.663. The highest BCUT2D eigenvalue weighted by molar-refractivity contribution is 5.77. The van der Waals surface area contributed by atoms with Crippen LogP contribution in [0, 0.1) is 11.2 Å². The second-order valence-corrected chi connectivity index (χ2v) is 8.01. The molecule has 1 aliphatic rings. The highest BCUT2D eigenvalue weighted by Crippen LogP contribution is 2.35. The molecule has 4 rings (SSSR count). The maximum atomic E-state index is 13.5. The van der Waals surface area contributed by atoms with Crippen LogP contribution in [-0.2, 0) is 14.2 Å². The van der Waals surface area contributed by atoms with Gasteiger partial charge in [0.2, 0.25) is 12.2 Å². The Morgan fingerprint density at radius 2 is 1.97 bits per heavy atom. The number of aromatic nitrogens is 4. The smallest absolute Gasteiger partial charge is 0.223 e. The summed E-state index contributed by atoms with van der Waals surface area (Å²) in [5, 5.41) is 3.12. The molecule has 1 saturated heterocycles. The summed E-state index contributed by atoms with van der Waals surface area (Å²) in [6.07, 6.45) is 0.996. The van der Waals surface area contributed by atoms with Crippen molar-refractivity contribution in [1.82, 2.24) is 19.9 Å². The van der Waals surface area contributed by atoms with Gasteiger partial charge in [-0.1, -0.05) is 6.92 Å². The number of benzene rings is 1. The lowest BCUT2D eigenvalue weighted by atomic mass is 9.93. The molecule has 0 saturated carbocycles. The maximum Gasteiger partial charge on any atom is 0.223 e. The summed E-state index contributed by atoms with van der Waals surface area (Å²) in [6, 6.07) is 7.91. The molecule has 0 spiro atoms. The van der Waals surface area contributed by atoms with Crippen molar-refractivity contribution < 1.29 is 18.6 Å². The summed E-state index contributed by atoms with van der Waals surface area (Å²) >= 11 is 0. The summed E-state index contributed by atoms with van der Waals surface area (Å²) in [5.41, 5.74) is 8.22. The SMILES string of the molecule is COCCNc1nccc(-c2[nH]c(C3OCC(C)(CN)CO3)nc2-c2ccc(F)cc2)n1. The second-order valence-electron chi connectivity index (χ2n) is 8.01. The Morgan fingerprint density at radius 3 is 2.66 bits per heavy atom. The summed E-state index contributed by atoms with van der Waals surface area (Å²) in [5.74, 6) is 0.647. The minimum Gasteiger partial charge on any atom is -0.383 e. The quantitative estimate of drug-likeness (QED) is 0.456. The molecule has 0 bridgehead atoms. The number of anilines is 1. The lowest BCUT2D eigenvalue weighted by molar-refractivity contribution is -0.231. The Hall–Kier alpha value is -2.92. The molecule has 0 radical (unpaired) electrons. The molecule has 1 fully saturated rings. The number of nitrogens with two attached hydrogens (primary N) is 1. The number of aromatic amines is 1. The van der Waals surface area contributed by atoms with E-state index in [0.717, 1.165) is 5.56 Å². The van der Waals surface area contributed by atoms with E-state index in [0.29, 0.717) is 61.8 Å². The number of imidazole rings is 1. The number of rotatable bonds is 8. The van der Waals surface area contributed by atoms with Gasteiger partial charge < -0.3 is 30.2 Å². The van der Waals surface area contributed by atoms with Crippen molar-refractivity contribution in [3.63, 3.8) is 0 Å². The maximum absolute atomic E-state index is 13.5. The largest absolute Gasteiger partial charge is 0.383 e. The van der Waals surface area contributed by atoms with Crippen LogP contribution in [0.3, 0.4) is 0 Å². The zero-order chi connectivity index (χ0) is 22.6. The van der Waals surface area contributed by atoms with Gasteiger partial charge in [-0.2, -0.15) is 0 Å². The van der Waals surface area contributed by atoms with Gasteiger partial charge in [0, 0.05) is 37.4 Å². The molecule has 2 aromatic heterocycles. The number of halogens is 1. The van der Waals surface area contributed by atoms with Crippen molar-refractivity contribution in [2.45, 2.75) is 13.2 Å². The Balaban J connectivity index is 1.68. The number of nitrogens with one attached hydrogen (secondary N) is 2. The molecule has 9 nitrogen and oxygen atoms in total. The van der Waals surface area contributed by atoms with Crippen LogP contribution in [0.1, 0.15) is 19.0 Å². The topological polar surface area (TPSA) is 120 Å². The Morgan fingerprint density at radius 1 is 1.22 bits per heavy atom. The van der Waals surface area contributed by atoms with Gasteiger partial charge in [-0.25, -0.2) is 19.3 Å². The summed E-state index contributed by atoms with van der Waals surface area (Å²) in [4.78, 5) is 16.9. The standard InChI is InChI=1S/C22H27FN6O3/c1-22(11-24)12-31-20(32-13-22)19-28-17(14-3-5-15(23)6-4-14)18(29-19)16-7-8-25-21(27-16)26-9-10-30-2/h3-8,20H,9-13,24H2,1-2H3,(H,28,29)(H,25,26,27). The molecule has 0 amide bonds. The fourth-order valence-electron chi connectivity index (χ4n) is 3.27. The van der Waals surface area contributed by atoms with E-state index in [-0.39, 0.29) is 11.2 Å². The minimum absolute atomic E-state index is 0.235. The highest BCUT2D eigenvalue weighted by Gasteiger charge is 2.34. The van der Waals surface area contributed by atoms with Crippen molar-refractivity contribution in [2.24, 2.45) is 11.1 Å². The Kier molecular flexibility index (Phi) is 6.75. The number of ether oxygens (including phenoxy) is 3. The first kappa shape index (κ1) is 22.3. The normalized spacial score (nSPS) is 20.9. The van der Waals surface area contributed by atoms with Gasteiger partial charge in [0.15, 0.2) is 5.82 Å². The number of hydrogen-bond donors (Lipinski definition) is 3. The first-order valence-corrected chi connectivity index (χ1v) is 10.4. The number of methoxy groups -OCH3 is 1. The van der Waals surface area contributed by atoms with E-state index >= 15 is 0 Å². The van der Waals surface area contributed by atoms with Crippen molar-refractivity contribution in [3.05, 3.63) is 48.2 Å². The molecule has 0 aliphatic carbocycles. The monoisotopic (exact) mass is 442 g/mol. The lowest BCUT2D eigenvalue weighted by Gasteiger charge is -2.35. The third-order valence-electron chi connectivity index (χ3n) is 5.22. The highest BCUT2D eigenvalue weighted by atomic mass is 19.1. The van der Waals surface area contributed by atoms with E-state index in [9.17, 15) is 4.39 Å². The molecular formula is C22H27FN6O3. The molecule has 3 heterocycles. The van der Waals surface area contributed by atoms with E-state index < -0.39 is 6.29 Å². The molecule has 0 atom stereocenters. The molecule has 10 heteroatoms. The van der Waals surface area contributed by atoms with Crippen LogP contribution in [0.2, 0.25) is 0 Å². The number of H-pyrrole nitrogens is 1. The molecule has 1 aliphatic heterocycles. The van der Waals surface area contributed by atoms with Crippen LogP contribution in [0.4, 0.5) is 10.3 Å². The Labute approximate surface area is 185 Å². The van der Waals surface area contributed by atoms with Crippen LogP contribution < -0.4 is 11.1 Å². The summed E-state index contributed by atoms with van der Waals surface area (Å²) in [7, 11) is 1.63. The molecular weight excluding hydrogens is 415 g/mol. The molecule has 170 valence electrons. The van der Waals surface area contributed by atoms with Crippen molar-refractivity contribution in [2.75, 3.05) is 45.3 Å². The predicted octanol–water partition coefficient (Wildman–Crippen LogP) is 2.74. The third kappa shape index (κ3) is 4.94. The molecule has 4 N–H and O–H groups in total. The Bertz CT molecular complexity index is 1030. The summed E-state index contributed by atoms with van der Waals surface area (Å²) in [6.45, 7) is 4.49. The van der Waals surface area contributed by atoms with Gasteiger partial charge in [0.05, 0.1) is 36.9 Å². The van der Waals surface area contributed by atoms with Gasteiger partial charge in [0.25, 0.3) is 0 Å². The molecule has 3 aromatic rings. The fraction of sp³-hybridized carbons (Fsp3) is 0.409. The average Bonchev–Trinajstić information content (AvgIpc) is 3.26. The molecule has 1 aromatic carbocycles. The van der Waals surface area contributed by atoms with Crippen LogP contribution in [0.25, 0.3) is 22.6 Å². The average molecular weight is 442 g/mol. The van der Waals surface area contributed by atoms with E-state index in [4.69, 9.17) is 24.9 Å². The van der Waals surface area contributed by atoms with Gasteiger partial charge in [-0.3, -0.25) is 0 Å². The fourth-order valence-corrected chi connectivity index (χ4v) is 3.27. The van der Waals surface area contributed by atoms with Gasteiger partial charge in [-0.15, -0.1) is 0 Å². The predicted molar refractivity (Wildman–Crippen MR) is 117 cm³/mol. The van der Waals surface area contributed by atoms with Gasteiger partial charge in [0.1, 0.15) is 5.82 Å². The van der Waals surface area contributed by atoms with Gasteiger partial charge >= 0.3 is 0 Å². The van der Waals surface area contributed by atoms with E-state index in [2.05, 4.69) is 20.3 Å². The zero-order valence-electron chi connectivity index (χ0n) is 18.1. The van der Waals surface area contributed by atoms with Crippen LogP contribution in [0.5, 0.6) is 0 Å². The lowest BCUT2D eigenvalue weighted by Crippen LogP contribution is -2.42.